The Morgan fingerprint density at radius 3 is 1.94 bits per heavy atom. The van der Waals surface area contributed by atoms with Crippen LogP contribution in [0.4, 0.5) is 13.2 Å². The molecular formula is C9H15F3N2O3. The minimum Gasteiger partial charge on any atom is -0.475 e. The van der Waals surface area contributed by atoms with Crippen LogP contribution >= 0.6 is 0 Å². The van der Waals surface area contributed by atoms with Gasteiger partial charge in [0, 0.05) is 13.0 Å². The second-order valence-corrected chi connectivity index (χ2v) is 3.57. The number of hydrogen-bond donors (Lipinski definition) is 2. The third-order valence-corrected chi connectivity index (χ3v) is 2.12. The quantitative estimate of drug-likeness (QED) is 0.774. The number of amides is 1. The zero-order valence-electron chi connectivity index (χ0n) is 9.16. The summed E-state index contributed by atoms with van der Waals surface area (Å²) in [7, 11) is 0. The molecule has 1 aliphatic rings. The Balaban J connectivity index is 0.000000325. The summed E-state index contributed by atoms with van der Waals surface area (Å²) >= 11 is 0. The molecule has 1 heterocycles. The van der Waals surface area contributed by atoms with Crippen molar-refractivity contribution < 1.29 is 27.9 Å². The van der Waals surface area contributed by atoms with Crippen molar-refractivity contribution in [2.75, 3.05) is 19.6 Å². The number of carbonyl (C=O) groups is 2. The number of carboxylic acids is 1. The standard InChI is InChI=1S/C7H14N2O.C2HF3O2/c8-7(10)3-6-9-4-1-2-5-9;3-2(4,5)1(6)7/h1-6H2,(H2,8,10);(H,6,7). The highest BCUT2D eigenvalue weighted by Crippen LogP contribution is 2.13. The average Bonchev–Trinajstić information content (AvgIpc) is 2.66. The van der Waals surface area contributed by atoms with E-state index in [1.807, 2.05) is 0 Å². The zero-order chi connectivity index (χ0) is 13.5. The molecule has 17 heavy (non-hydrogen) atoms. The number of nitrogens with zero attached hydrogens (tertiary/aromatic N) is 1. The molecule has 0 aromatic heterocycles. The molecule has 1 aliphatic heterocycles. The lowest BCUT2D eigenvalue weighted by atomic mass is 10.4. The van der Waals surface area contributed by atoms with Gasteiger partial charge in [-0.2, -0.15) is 13.2 Å². The smallest absolute Gasteiger partial charge is 0.475 e. The van der Waals surface area contributed by atoms with Crippen LogP contribution in [0, 0.1) is 0 Å². The van der Waals surface area contributed by atoms with Gasteiger partial charge in [0.1, 0.15) is 0 Å². The minimum absolute atomic E-state index is 0.188. The molecule has 1 rings (SSSR count). The van der Waals surface area contributed by atoms with Crippen molar-refractivity contribution >= 4 is 11.9 Å². The van der Waals surface area contributed by atoms with E-state index in [1.165, 1.54) is 12.8 Å². The lowest BCUT2D eigenvalue weighted by Crippen LogP contribution is -2.25. The van der Waals surface area contributed by atoms with E-state index in [4.69, 9.17) is 15.6 Å². The summed E-state index contributed by atoms with van der Waals surface area (Å²) < 4.78 is 31.7. The first-order chi connectivity index (χ1) is 7.73. The molecular weight excluding hydrogens is 241 g/mol. The summed E-state index contributed by atoms with van der Waals surface area (Å²) in [5.74, 6) is -2.94. The summed E-state index contributed by atoms with van der Waals surface area (Å²) in [5, 5.41) is 7.12. The van der Waals surface area contributed by atoms with Crippen molar-refractivity contribution in [2.45, 2.75) is 25.4 Å². The molecule has 0 aromatic carbocycles. The van der Waals surface area contributed by atoms with E-state index >= 15 is 0 Å². The van der Waals surface area contributed by atoms with Gasteiger partial charge in [-0.05, 0) is 25.9 Å². The van der Waals surface area contributed by atoms with Crippen LogP contribution in [0.25, 0.3) is 0 Å². The molecule has 1 fully saturated rings. The van der Waals surface area contributed by atoms with Gasteiger partial charge in [-0.3, -0.25) is 4.79 Å². The van der Waals surface area contributed by atoms with E-state index in [0.717, 1.165) is 19.6 Å². The number of nitrogens with two attached hydrogens (primary N) is 1. The van der Waals surface area contributed by atoms with Crippen LogP contribution in [0.5, 0.6) is 0 Å². The molecule has 0 aliphatic carbocycles. The molecule has 0 radical (unpaired) electrons. The fraction of sp³-hybridized carbons (Fsp3) is 0.778. The van der Waals surface area contributed by atoms with Crippen LogP contribution in [-0.4, -0.2) is 47.7 Å². The fourth-order valence-electron chi connectivity index (χ4n) is 1.27. The maximum Gasteiger partial charge on any atom is 0.490 e. The molecule has 8 heteroatoms. The average molecular weight is 256 g/mol. The van der Waals surface area contributed by atoms with E-state index < -0.39 is 12.1 Å². The van der Waals surface area contributed by atoms with Crippen molar-refractivity contribution in [3.8, 4) is 0 Å². The normalized spacial score (nSPS) is 16.2. The molecule has 0 atom stereocenters. The summed E-state index contributed by atoms with van der Waals surface area (Å²) in [6, 6.07) is 0. The predicted octanol–water partition coefficient (Wildman–Crippen LogP) is 0.591. The molecule has 1 amide bonds. The van der Waals surface area contributed by atoms with Gasteiger partial charge in [0.25, 0.3) is 0 Å². The third kappa shape index (κ3) is 8.49. The third-order valence-electron chi connectivity index (χ3n) is 2.12. The van der Waals surface area contributed by atoms with E-state index in [0.29, 0.717) is 6.42 Å². The van der Waals surface area contributed by atoms with Gasteiger partial charge < -0.3 is 15.7 Å². The Hall–Kier alpha value is -1.31. The van der Waals surface area contributed by atoms with Gasteiger partial charge in [0.15, 0.2) is 0 Å². The van der Waals surface area contributed by atoms with Gasteiger partial charge in [-0.1, -0.05) is 0 Å². The van der Waals surface area contributed by atoms with Crippen molar-refractivity contribution in [1.29, 1.82) is 0 Å². The van der Waals surface area contributed by atoms with Crippen LogP contribution < -0.4 is 5.73 Å². The number of aliphatic carboxylic acids is 1. The lowest BCUT2D eigenvalue weighted by molar-refractivity contribution is -0.192. The van der Waals surface area contributed by atoms with E-state index in [9.17, 15) is 18.0 Å². The highest BCUT2D eigenvalue weighted by atomic mass is 19.4. The molecule has 0 bridgehead atoms. The van der Waals surface area contributed by atoms with Crippen LogP contribution in [0.2, 0.25) is 0 Å². The Bertz CT molecular complexity index is 263. The van der Waals surface area contributed by atoms with Crippen LogP contribution in [0.1, 0.15) is 19.3 Å². The molecule has 3 N–H and O–H groups in total. The Labute approximate surface area is 96.4 Å². The second-order valence-electron chi connectivity index (χ2n) is 3.57. The van der Waals surface area contributed by atoms with Crippen LogP contribution in [0.15, 0.2) is 0 Å². The monoisotopic (exact) mass is 256 g/mol. The summed E-state index contributed by atoms with van der Waals surface area (Å²) in [6.45, 7) is 3.15. The first-order valence-electron chi connectivity index (χ1n) is 5.04. The number of hydrogen-bond acceptors (Lipinski definition) is 3. The molecule has 100 valence electrons. The van der Waals surface area contributed by atoms with Gasteiger partial charge in [0.05, 0.1) is 0 Å². The summed E-state index contributed by atoms with van der Waals surface area (Å²) in [4.78, 5) is 21.5. The summed E-state index contributed by atoms with van der Waals surface area (Å²) in [5.41, 5.74) is 5.00. The number of primary amides is 1. The van der Waals surface area contributed by atoms with E-state index in [1.54, 1.807) is 0 Å². The number of likely N-dealkylation sites (tertiary alicyclic amines) is 1. The van der Waals surface area contributed by atoms with Gasteiger partial charge in [-0.25, -0.2) is 4.79 Å². The SMILES string of the molecule is NC(=O)CCN1CCCC1.O=C(O)C(F)(F)F. The molecule has 0 aromatic rings. The number of alkyl halides is 3. The fourth-order valence-corrected chi connectivity index (χ4v) is 1.27. The van der Waals surface area contributed by atoms with Crippen molar-refractivity contribution in [3.05, 3.63) is 0 Å². The molecule has 0 saturated carbocycles. The van der Waals surface area contributed by atoms with Crippen molar-refractivity contribution in [3.63, 3.8) is 0 Å². The second kappa shape index (κ2) is 7.10. The topological polar surface area (TPSA) is 83.6 Å². The minimum atomic E-state index is -5.08. The Morgan fingerprint density at radius 2 is 1.65 bits per heavy atom. The number of carbonyl (C=O) groups excluding carboxylic acids is 1. The van der Waals surface area contributed by atoms with Gasteiger partial charge >= 0.3 is 12.1 Å². The molecule has 0 unspecified atom stereocenters. The highest BCUT2D eigenvalue weighted by molar-refractivity contribution is 5.73. The lowest BCUT2D eigenvalue weighted by Gasteiger charge is -2.11. The first kappa shape index (κ1) is 15.7. The predicted molar refractivity (Wildman–Crippen MR) is 53.2 cm³/mol. The highest BCUT2D eigenvalue weighted by Gasteiger charge is 2.38. The molecule has 1 saturated heterocycles. The van der Waals surface area contributed by atoms with E-state index in [-0.39, 0.29) is 5.91 Å². The number of halogens is 3. The number of rotatable bonds is 3. The van der Waals surface area contributed by atoms with E-state index in [2.05, 4.69) is 4.90 Å². The maximum atomic E-state index is 10.6. The Morgan fingerprint density at radius 1 is 1.24 bits per heavy atom. The van der Waals surface area contributed by atoms with Crippen LogP contribution in [-0.2, 0) is 9.59 Å². The maximum absolute atomic E-state index is 10.6. The number of carboxylic acid groups (broad SMARTS) is 1. The van der Waals surface area contributed by atoms with Crippen molar-refractivity contribution in [2.24, 2.45) is 5.73 Å². The van der Waals surface area contributed by atoms with Gasteiger partial charge in [-0.15, -0.1) is 0 Å². The van der Waals surface area contributed by atoms with Crippen molar-refractivity contribution in [1.82, 2.24) is 4.90 Å². The first-order valence-corrected chi connectivity index (χ1v) is 5.04. The molecule has 0 spiro atoms. The zero-order valence-corrected chi connectivity index (χ0v) is 9.16. The summed E-state index contributed by atoms with van der Waals surface area (Å²) in [6.07, 6.45) is -2.02. The largest absolute Gasteiger partial charge is 0.490 e. The Kier molecular flexibility index (Phi) is 6.55. The van der Waals surface area contributed by atoms with Crippen LogP contribution in [0.3, 0.4) is 0 Å². The van der Waals surface area contributed by atoms with Gasteiger partial charge in [0.2, 0.25) is 5.91 Å². The molecule has 5 nitrogen and oxygen atoms in total.